The fourth-order valence-electron chi connectivity index (χ4n) is 1.79. The number of sulfonamides is 1. The van der Waals surface area contributed by atoms with Crippen LogP contribution in [0.2, 0.25) is 0 Å². The van der Waals surface area contributed by atoms with Crippen molar-refractivity contribution in [1.29, 1.82) is 0 Å². The third-order valence-corrected chi connectivity index (χ3v) is 5.01. The Balaban J connectivity index is 2.39. The Labute approximate surface area is 130 Å². The van der Waals surface area contributed by atoms with Gasteiger partial charge < -0.3 is 9.73 Å². The standard InChI is InChI=1S/C13H14BrFN2O3S/c1-8-4-3-5-10(15)12(8)17-21(18,19)11-6-9(7-16-2)20-13(11)14/h3-6,16-17H,7H2,1-2H3. The highest BCUT2D eigenvalue weighted by atomic mass is 79.9. The molecule has 1 aromatic heterocycles. The minimum atomic E-state index is -3.94. The second kappa shape index (κ2) is 6.17. The first kappa shape index (κ1) is 16.0. The van der Waals surface area contributed by atoms with Crippen molar-refractivity contribution in [3.8, 4) is 0 Å². The number of furan rings is 1. The number of para-hydroxylation sites is 1. The van der Waals surface area contributed by atoms with Crippen molar-refractivity contribution in [3.05, 3.63) is 46.1 Å². The fourth-order valence-corrected chi connectivity index (χ4v) is 3.93. The predicted octanol–water partition coefficient (Wildman–Crippen LogP) is 3.01. The molecule has 5 nitrogen and oxygen atoms in total. The van der Waals surface area contributed by atoms with E-state index in [2.05, 4.69) is 26.0 Å². The largest absolute Gasteiger partial charge is 0.451 e. The highest BCUT2D eigenvalue weighted by Crippen LogP contribution is 2.29. The molecule has 1 aromatic carbocycles. The van der Waals surface area contributed by atoms with E-state index in [0.717, 1.165) is 0 Å². The van der Waals surface area contributed by atoms with E-state index in [0.29, 0.717) is 17.9 Å². The Kier molecular flexibility index (Phi) is 4.70. The van der Waals surface area contributed by atoms with Crippen molar-refractivity contribution in [1.82, 2.24) is 5.32 Å². The quantitative estimate of drug-likeness (QED) is 0.841. The molecule has 0 aliphatic heterocycles. The van der Waals surface area contributed by atoms with E-state index in [1.165, 1.54) is 18.2 Å². The van der Waals surface area contributed by atoms with Crippen molar-refractivity contribution < 1.29 is 17.2 Å². The van der Waals surface area contributed by atoms with E-state index in [9.17, 15) is 12.8 Å². The highest BCUT2D eigenvalue weighted by Gasteiger charge is 2.24. The van der Waals surface area contributed by atoms with Crippen molar-refractivity contribution in [2.75, 3.05) is 11.8 Å². The molecule has 21 heavy (non-hydrogen) atoms. The molecule has 2 aromatic rings. The minimum Gasteiger partial charge on any atom is -0.451 e. The molecule has 8 heteroatoms. The normalized spacial score (nSPS) is 11.6. The summed E-state index contributed by atoms with van der Waals surface area (Å²) in [5.41, 5.74) is 0.425. The number of rotatable bonds is 5. The lowest BCUT2D eigenvalue weighted by molar-refractivity contribution is 0.470. The van der Waals surface area contributed by atoms with Gasteiger partial charge in [0.15, 0.2) is 4.67 Å². The highest BCUT2D eigenvalue weighted by molar-refractivity contribution is 9.10. The zero-order valence-corrected chi connectivity index (χ0v) is 13.8. The Bertz CT molecular complexity index is 739. The molecule has 0 amide bonds. The number of hydrogen-bond donors (Lipinski definition) is 2. The van der Waals surface area contributed by atoms with E-state index >= 15 is 0 Å². The predicted molar refractivity (Wildman–Crippen MR) is 81.1 cm³/mol. The first-order chi connectivity index (χ1) is 9.85. The fraction of sp³-hybridized carbons (Fsp3) is 0.231. The van der Waals surface area contributed by atoms with Gasteiger partial charge in [-0.25, -0.2) is 12.8 Å². The van der Waals surface area contributed by atoms with Gasteiger partial charge >= 0.3 is 0 Å². The summed E-state index contributed by atoms with van der Waals surface area (Å²) in [7, 11) is -2.23. The summed E-state index contributed by atoms with van der Waals surface area (Å²) in [6.45, 7) is 2.00. The molecule has 114 valence electrons. The number of anilines is 1. The van der Waals surface area contributed by atoms with Crippen LogP contribution >= 0.6 is 15.9 Å². The van der Waals surface area contributed by atoms with Crippen molar-refractivity contribution in [2.24, 2.45) is 0 Å². The maximum Gasteiger partial charge on any atom is 0.266 e. The van der Waals surface area contributed by atoms with Gasteiger partial charge in [0.1, 0.15) is 16.5 Å². The van der Waals surface area contributed by atoms with Gasteiger partial charge in [-0.05, 0) is 41.5 Å². The minimum absolute atomic E-state index is 0.0687. The molecule has 0 radical (unpaired) electrons. The number of aryl methyl sites for hydroxylation is 1. The van der Waals surface area contributed by atoms with Gasteiger partial charge in [0.25, 0.3) is 10.0 Å². The van der Waals surface area contributed by atoms with Crippen LogP contribution in [0, 0.1) is 12.7 Å². The molecule has 0 atom stereocenters. The van der Waals surface area contributed by atoms with Crippen LogP contribution in [0.15, 0.2) is 38.2 Å². The molecule has 0 unspecified atom stereocenters. The van der Waals surface area contributed by atoms with Crippen molar-refractivity contribution in [2.45, 2.75) is 18.4 Å². The Morgan fingerprint density at radius 1 is 1.38 bits per heavy atom. The third-order valence-electron chi connectivity index (χ3n) is 2.81. The smallest absolute Gasteiger partial charge is 0.266 e. The van der Waals surface area contributed by atoms with Gasteiger partial charge in [-0.15, -0.1) is 0 Å². The van der Waals surface area contributed by atoms with Crippen LogP contribution in [-0.2, 0) is 16.6 Å². The second-order valence-corrected chi connectivity index (χ2v) is 6.79. The Morgan fingerprint density at radius 3 is 2.71 bits per heavy atom. The zero-order chi connectivity index (χ0) is 15.6. The third kappa shape index (κ3) is 3.45. The molecule has 0 aliphatic rings. The van der Waals surface area contributed by atoms with E-state index in [4.69, 9.17) is 4.42 Å². The summed E-state index contributed by atoms with van der Waals surface area (Å²) < 4.78 is 46.1. The van der Waals surface area contributed by atoms with E-state index in [-0.39, 0.29) is 15.3 Å². The average Bonchev–Trinajstić information content (AvgIpc) is 2.76. The van der Waals surface area contributed by atoms with E-state index in [1.54, 1.807) is 20.0 Å². The van der Waals surface area contributed by atoms with Crippen LogP contribution in [-0.4, -0.2) is 15.5 Å². The summed E-state index contributed by atoms with van der Waals surface area (Å²) in [5.74, 6) is -0.177. The SMILES string of the molecule is CNCc1cc(S(=O)(=O)Nc2c(C)cccc2F)c(Br)o1. The molecule has 0 spiro atoms. The van der Waals surface area contributed by atoms with Crippen LogP contribution in [0.1, 0.15) is 11.3 Å². The monoisotopic (exact) mass is 376 g/mol. The number of nitrogens with one attached hydrogen (secondary N) is 2. The van der Waals surface area contributed by atoms with Crippen LogP contribution < -0.4 is 10.0 Å². The lowest BCUT2D eigenvalue weighted by Gasteiger charge is -2.10. The van der Waals surface area contributed by atoms with Gasteiger partial charge in [-0.2, -0.15) is 0 Å². The van der Waals surface area contributed by atoms with Gasteiger partial charge in [-0.1, -0.05) is 12.1 Å². The molecular weight excluding hydrogens is 363 g/mol. The van der Waals surface area contributed by atoms with E-state index < -0.39 is 15.8 Å². The van der Waals surface area contributed by atoms with Gasteiger partial charge in [0, 0.05) is 6.07 Å². The average molecular weight is 377 g/mol. The van der Waals surface area contributed by atoms with Gasteiger partial charge in [0.2, 0.25) is 0 Å². The summed E-state index contributed by atoms with van der Waals surface area (Å²) in [5, 5.41) is 2.85. The summed E-state index contributed by atoms with van der Waals surface area (Å²) in [6.07, 6.45) is 0. The summed E-state index contributed by atoms with van der Waals surface area (Å²) >= 11 is 3.07. The lowest BCUT2D eigenvalue weighted by atomic mass is 10.2. The molecule has 2 rings (SSSR count). The van der Waals surface area contributed by atoms with Crippen molar-refractivity contribution in [3.63, 3.8) is 0 Å². The van der Waals surface area contributed by atoms with E-state index in [1.807, 2.05) is 0 Å². The van der Waals surface area contributed by atoms with Gasteiger partial charge in [0.05, 0.1) is 12.2 Å². The second-order valence-electron chi connectivity index (χ2n) is 4.42. The molecule has 0 aliphatic carbocycles. The topological polar surface area (TPSA) is 71.3 Å². The van der Waals surface area contributed by atoms with Crippen molar-refractivity contribution >= 4 is 31.6 Å². The van der Waals surface area contributed by atoms with Crippen LogP contribution in [0.25, 0.3) is 0 Å². The Hall–Kier alpha value is -1.38. The molecule has 1 heterocycles. The maximum absolute atomic E-state index is 13.8. The first-order valence-electron chi connectivity index (χ1n) is 6.06. The number of benzene rings is 1. The van der Waals surface area contributed by atoms with Gasteiger partial charge in [-0.3, -0.25) is 4.72 Å². The molecule has 0 saturated carbocycles. The maximum atomic E-state index is 13.8. The lowest BCUT2D eigenvalue weighted by Crippen LogP contribution is -2.14. The zero-order valence-electron chi connectivity index (χ0n) is 11.4. The molecule has 2 N–H and O–H groups in total. The summed E-state index contributed by atoms with van der Waals surface area (Å²) in [4.78, 5) is -0.0737. The molecule has 0 saturated heterocycles. The van der Waals surface area contributed by atoms with Crippen LogP contribution in [0.5, 0.6) is 0 Å². The number of halogens is 2. The van der Waals surface area contributed by atoms with Crippen LogP contribution in [0.4, 0.5) is 10.1 Å². The summed E-state index contributed by atoms with van der Waals surface area (Å²) in [6, 6.07) is 5.72. The van der Waals surface area contributed by atoms with Crippen LogP contribution in [0.3, 0.4) is 0 Å². The number of hydrogen-bond acceptors (Lipinski definition) is 4. The Morgan fingerprint density at radius 2 is 2.10 bits per heavy atom. The molecular formula is C13H14BrFN2O3S. The molecule has 0 bridgehead atoms. The molecule has 0 fully saturated rings. The first-order valence-corrected chi connectivity index (χ1v) is 8.33.